The van der Waals surface area contributed by atoms with E-state index in [0.29, 0.717) is 17.5 Å². The average Bonchev–Trinajstić information content (AvgIpc) is 3.68. The van der Waals surface area contributed by atoms with Crippen molar-refractivity contribution in [3.05, 3.63) is 140 Å². The summed E-state index contributed by atoms with van der Waals surface area (Å²) < 4.78 is 13.0. The lowest BCUT2D eigenvalue weighted by atomic mass is 9.99. The third-order valence-electron chi connectivity index (χ3n) is 8.90. The second-order valence-corrected chi connectivity index (χ2v) is 11.6. The minimum atomic E-state index is 0.537. The second-order valence-electron chi connectivity index (χ2n) is 11.6. The first kappa shape index (κ1) is 25.0. The van der Waals surface area contributed by atoms with Crippen LogP contribution in [0.2, 0.25) is 0 Å². The largest absolute Gasteiger partial charge is 0.455 e. The highest BCUT2D eigenvalue weighted by molar-refractivity contribution is 6.18. The number of rotatable bonds is 3. The molecule has 0 atom stereocenters. The fraction of sp³-hybridized carbons (Fsp3) is 0. The van der Waals surface area contributed by atoms with Crippen LogP contribution in [-0.2, 0) is 0 Å². The van der Waals surface area contributed by atoms with Crippen LogP contribution in [0, 0.1) is 0 Å². The van der Waals surface area contributed by atoms with Crippen molar-refractivity contribution in [3.63, 3.8) is 0 Å². The van der Waals surface area contributed by atoms with E-state index in [1.165, 1.54) is 0 Å². The molecular weight excluding hydrogens is 566 g/mol. The zero-order valence-corrected chi connectivity index (χ0v) is 24.4. The van der Waals surface area contributed by atoms with E-state index >= 15 is 0 Å². The molecule has 0 aliphatic heterocycles. The summed E-state index contributed by atoms with van der Waals surface area (Å²) in [6.45, 7) is 0. The Morgan fingerprint density at radius 2 is 0.978 bits per heavy atom. The van der Waals surface area contributed by atoms with Gasteiger partial charge in [-0.15, -0.1) is 0 Å². The summed E-state index contributed by atoms with van der Waals surface area (Å²) in [5.41, 5.74) is 5.70. The van der Waals surface area contributed by atoms with Crippen molar-refractivity contribution in [2.45, 2.75) is 0 Å². The average molecular weight is 590 g/mol. The highest BCUT2D eigenvalue weighted by Gasteiger charge is 2.22. The van der Waals surface area contributed by atoms with Crippen LogP contribution in [0.4, 0.5) is 0 Å². The van der Waals surface area contributed by atoms with Gasteiger partial charge in [-0.1, -0.05) is 109 Å². The Bertz CT molecular complexity index is 2830. The van der Waals surface area contributed by atoms with E-state index in [0.717, 1.165) is 82.1 Å². The van der Waals surface area contributed by atoms with Gasteiger partial charge in [-0.3, -0.25) is 0 Å². The Morgan fingerprint density at radius 3 is 1.80 bits per heavy atom. The number of aromatic nitrogens is 3. The minimum absolute atomic E-state index is 0.537. The molecule has 0 bridgehead atoms. The molecule has 0 aliphatic carbocycles. The SMILES string of the molecule is c1ccc2cc(-c3nc(-c4cccc5c4oc4ccccc45)nc(-c4c5ccccc5cc5c4oc4ccccc45)n3)ccc2c1. The summed E-state index contributed by atoms with van der Waals surface area (Å²) in [4.78, 5) is 15.5. The molecular formula is C41H23N3O2. The first-order chi connectivity index (χ1) is 22.8. The van der Waals surface area contributed by atoms with Crippen LogP contribution in [0.1, 0.15) is 0 Å². The Morgan fingerprint density at radius 1 is 0.370 bits per heavy atom. The maximum Gasteiger partial charge on any atom is 0.168 e. The first-order valence-electron chi connectivity index (χ1n) is 15.3. The van der Waals surface area contributed by atoms with Gasteiger partial charge in [0, 0.05) is 27.1 Å². The number of benzene rings is 7. The van der Waals surface area contributed by atoms with Crippen LogP contribution < -0.4 is 0 Å². The van der Waals surface area contributed by atoms with Crippen molar-refractivity contribution < 1.29 is 8.83 Å². The smallest absolute Gasteiger partial charge is 0.168 e. The number of furan rings is 2. The number of hydrogen-bond donors (Lipinski definition) is 0. The van der Waals surface area contributed by atoms with Crippen molar-refractivity contribution in [2.24, 2.45) is 0 Å². The van der Waals surface area contributed by atoms with Gasteiger partial charge in [0.25, 0.3) is 0 Å². The van der Waals surface area contributed by atoms with E-state index in [4.69, 9.17) is 23.8 Å². The maximum atomic E-state index is 6.59. The van der Waals surface area contributed by atoms with Crippen LogP contribution >= 0.6 is 0 Å². The van der Waals surface area contributed by atoms with Crippen molar-refractivity contribution in [1.82, 2.24) is 15.0 Å². The Balaban J connectivity index is 1.32. The number of para-hydroxylation sites is 3. The van der Waals surface area contributed by atoms with Gasteiger partial charge in [-0.05, 0) is 51.9 Å². The molecule has 0 fully saturated rings. The Hall–Kier alpha value is -6.33. The molecule has 7 aromatic carbocycles. The molecule has 0 aliphatic rings. The van der Waals surface area contributed by atoms with Crippen LogP contribution in [0.5, 0.6) is 0 Å². The molecule has 0 radical (unpaired) electrons. The fourth-order valence-corrected chi connectivity index (χ4v) is 6.73. The van der Waals surface area contributed by atoms with E-state index in [1.807, 2.05) is 66.7 Å². The number of fused-ring (bicyclic) bond motifs is 8. The lowest BCUT2D eigenvalue weighted by Gasteiger charge is -2.11. The fourth-order valence-electron chi connectivity index (χ4n) is 6.73. The van der Waals surface area contributed by atoms with Crippen LogP contribution in [0.3, 0.4) is 0 Å². The molecule has 0 spiro atoms. The third-order valence-corrected chi connectivity index (χ3v) is 8.90. The summed E-state index contributed by atoms with van der Waals surface area (Å²) in [6, 6.07) is 47.6. The highest BCUT2D eigenvalue weighted by Crippen LogP contribution is 2.42. The van der Waals surface area contributed by atoms with Gasteiger partial charge >= 0.3 is 0 Å². The molecule has 0 N–H and O–H groups in total. The van der Waals surface area contributed by atoms with Crippen molar-refractivity contribution >= 4 is 65.4 Å². The van der Waals surface area contributed by atoms with E-state index in [2.05, 4.69) is 72.8 Å². The van der Waals surface area contributed by atoms with Crippen LogP contribution in [0.15, 0.2) is 148 Å². The first-order valence-corrected chi connectivity index (χ1v) is 15.3. The standard InChI is InChI=1S/C41H23N3O2/c1-2-11-25-22-27(21-20-24(25)10-1)39-42-40(32-17-9-16-31-29-14-5-7-18-34(29)45-37(31)32)44-41(43-39)36-28-13-4-3-12-26(28)23-33-30-15-6-8-19-35(30)46-38(33)36/h1-23H. The van der Waals surface area contributed by atoms with Gasteiger partial charge in [0.1, 0.15) is 22.3 Å². The summed E-state index contributed by atoms with van der Waals surface area (Å²) >= 11 is 0. The Labute approximate surface area is 262 Å². The molecule has 0 saturated heterocycles. The van der Waals surface area contributed by atoms with Gasteiger partial charge in [0.05, 0.1) is 11.1 Å². The van der Waals surface area contributed by atoms with Crippen LogP contribution in [0.25, 0.3) is 99.6 Å². The second kappa shape index (κ2) is 9.58. The molecule has 46 heavy (non-hydrogen) atoms. The molecule has 3 heterocycles. The third kappa shape index (κ3) is 3.72. The van der Waals surface area contributed by atoms with E-state index in [-0.39, 0.29) is 0 Å². The Kier molecular flexibility index (Phi) is 5.22. The van der Waals surface area contributed by atoms with E-state index < -0.39 is 0 Å². The molecule has 10 rings (SSSR count). The monoisotopic (exact) mass is 589 g/mol. The molecule has 10 aromatic rings. The van der Waals surface area contributed by atoms with Gasteiger partial charge < -0.3 is 8.83 Å². The van der Waals surface area contributed by atoms with Gasteiger partial charge in [-0.2, -0.15) is 0 Å². The summed E-state index contributed by atoms with van der Waals surface area (Å²) in [5, 5.41) is 8.54. The van der Waals surface area contributed by atoms with Crippen molar-refractivity contribution in [2.75, 3.05) is 0 Å². The van der Waals surface area contributed by atoms with Crippen molar-refractivity contribution in [3.8, 4) is 34.2 Å². The lowest BCUT2D eigenvalue weighted by Crippen LogP contribution is -2.01. The summed E-state index contributed by atoms with van der Waals surface area (Å²) in [5.74, 6) is 1.66. The zero-order valence-electron chi connectivity index (χ0n) is 24.4. The summed E-state index contributed by atoms with van der Waals surface area (Å²) in [6.07, 6.45) is 0. The molecule has 214 valence electrons. The molecule has 0 saturated carbocycles. The number of hydrogen-bond acceptors (Lipinski definition) is 5. The van der Waals surface area contributed by atoms with Gasteiger partial charge in [0.15, 0.2) is 17.5 Å². The quantitative estimate of drug-likeness (QED) is 0.205. The number of nitrogens with zero attached hydrogens (tertiary/aromatic N) is 3. The van der Waals surface area contributed by atoms with Crippen LogP contribution in [-0.4, -0.2) is 15.0 Å². The predicted molar refractivity (Wildman–Crippen MR) is 186 cm³/mol. The molecule has 0 unspecified atom stereocenters. The van der Waals surface area contributed by atoms with E-state index in [9.17, 15) is 0 Å². The lowest BCUT2D eigenvalue weighted by molar-refractivity contribution is 0.669. The van der Waals surface area contributed by atoms with Gasteiger partial charge in [0.2, 0.25) is 0 Å². The topological polar surface area (TPSA) is 65.0 Å². The van der Waals surface area contributed by atoms with Crippen molar-refractivity contribution in [1.29, 1.82) is 0 Å². The van der Waals surface area contributed by atoms with E-state index in [1.54, 1.807) is 0 Å². The normalized spacial score (nSPS) is 11.9. The molecule has 0 amide bonds. The van der Waals surface area contributed by atoms with Gasteiger partial charge in [-0.25, -0.2) is 15.0 Å². The predicted octanol–water partition coefficient (Wildman–Crippen LogP) is 11.0. The summed E-state index contributed by atoms with van der Waals surface area (Å²) in [7, 11) is 0. The highest BCUT2D eigenvalue weighted by atomic mass is 16.3. The maximum absolute atomic E-state index is 6.59. The zero-order chi connectivity index (χ0) is 30.2. The minimum Gasteiger partial charge on any atom is -0.455 e. The molecule has 3 aromatic heterocycles. The molecule has 5 heteroatoms. The molecule has 5 nitrogen and oxygen atoms in total.